The van der Waals surface area contributed by atoms with Crippen molar-refractivity contribution in [2.45, 2.75) is 13.3 Å². The Hall–Kier alpha value is -1.01. The molecular weight excluding hydrogens is 202 g/mol. The predicted molar refractivity (Wildman–Crippen MR) is 56.4 cm³/mol. The van der Waals surface area contributed by atoms with Crippen molar-refractivity contribution in [2.24, 2.45) is 0 Å². The third kappa shape index (κ3) is 2.74. The molecule has 0 bridgehead atoms. The summed E-state index contributed by atoms with van der Waals surface area (Å²) < 4.78 is 25.9. The Morgan fingerprint density at radius 3 is 2.64 bits per heavy atom. The van der Waals surface area contributed by atoms with Crippen LogP contribution < -0.4 is 0 Å². The van der Waals surface area contributed by atoms with Crippen molar-refractivity contribution in [1.82, 2.24) is 0 Å². The van der Waals surface area contributed by atoms with Gasteiger partial charge in [-0.1, -0.05) is 11.8 Å². The van der Waals surface area contributed by atoms with Gasteiger partial charge in [-0.2, -0.15) is 12.6 Å². The molecule has 0 fully saturated rings. The molecule has 0 spiro atoms. The third-order valence-electron chi connectivity index (χ3n) is 1.71. The van der Waals surface area contributed by atoms with E-state index in [1.54, 1.807) is 6.92 Å². The molecule has 0 heterocycles. The van der Waals surface area contributed by atoms with E-state index in [4.69, 9.17) is 0 Å². The van der Waals surface area contributed by atoms with Crippen LogP contribution in [0.15, 0.2) is 12.1 Å². The van der Waals surface area contributed by atoms with Gasteiger partial charge in [0.25, 0.3) is 0 Å². The molecule has 0 nitrogen and oxygen atoms in total. The van der Waals surface area contributed by atoms with Crippen LogP contribution in [-0.4, -0.2) is 5.75 Å². The van der Waals surface area contributed by atoms with E-state index in [0.29, 0.717) is 17.7 Å². The quantitative estimate of drug-likeness (QED) is 0.537. The molecule has 0 amide bonds. The van der Waals surface area contributed by atoms with E-state index in [1.807, 2.05) is 0 Å². The summed E-state index contributed by atoms with van der Waals surface area (Å²) >= 11 is 3.97. The van der Waals surface area contributed by atoms with Crippen LogP contribution in [0, 0.1) is 30.4 Å². The number of rotatable bonds is 1. The lowest BCUT2D eigenvalue weighted by molar-refractivity contribution is 0.575. The second kappa shape index (κ2) is 5.02. The fourth-order valence-corrected chi connectivity index (χ4v) is 1.08. The molecule has 0 atom stereocenters. The number of thiol groups is 1. The van der Waals surface area contributed by atoms with Crippen LogP contribution in [0.5, 0.6) is 0 Å². The number of hydrogen-bond donors (Lipinski definition) is 1. The normalized spacial score (nSPS) is 9.43. The minimum atomic E-state index is -0.611. The summed E-state index contributed by atoms with van der Waals surface area (Å²) in [7, 11) is 0. The second-order valence-electron chi connectivity index (χ2n) is 2.86. The van der Waals surface area contributed by atoms with Crippen molar-refractivity contribution in [3.05, 3.63) is 34.9 Å². The fraction of sp³-hybridized carbons (Fsp3) is 0.273. The number of halogens is 2. The van der Waals surface area contributed by atoms with Crippen LogP contribution in [0.3, 0.4) is 0 Å². The molecule has 0 unspecified atom stereocenters. The lowest BCUT2D eigenvalue weighted by Gasteiger charge is -1.98. The molecule has 0 saturated heterocycles. The van der Waals surface area contributed by atoms with Gasteiger partial charge in [0, 0.05) is 18.2 Å². The Kier molecular flexibility index (Phi) is 3.97. The summed E-state index contributed by atoms with van der Waals surface area (Å²) in [6.45, 7) is 1.58. The Bertz CT molecular complexity index is 388. The third-order valence-corrected chi connectivity index (χ3v) is 1.93. The smallest absolute Gasteiger partial charge is 0.141 e. The summed E-state index contributed by atoms with van der Waals surface area (Å²) in [5, 5.41) is 0. The zero-order chi connectivity index (χ0) is 10.6. The van der Waals surface area contributed by atoms with Gasteiger partial charge in [-0.15, -0.1) is 0 Å². The highest BCUT2D eigenvalue weighted by Gasteiger charge is 2.04. The number of benzene rings is 1. The van der Waals surface area contributed by atoms with E-state index >= 15 is 0 Å². The molecule has 1 aromatic rings. The largest absolute Gasteiger partial charge is 0.207 e. The maximum absolute atomic E-state index is 13.1. The van der Waals surface area contributed by atoms with Crippen LogP contribution in [-0.2, 0) is 0 Å². The van der Waals surface area contributed by atoms with E-state index in [0.717, 1.165) is 6.07 Å². The van der Waals surface area contributed by atoms with Crippen molar-refractivity contribution in [3.8, 4) is 11.8 Å². The molecule has 1 aromatic carbocycles. The summed E-state index contributed by atoms with van der Waals surface area (Å²) in [5.74, 6) is 4.87. The molecule has 0 aromatic heterocycles. The predicted octanol–water partition coefficient (Wildman–Crippen LogP) is 2.94. The Balaban J connectivity index is 3.00. The van der Waals surface area contributed by atoms with Gasteiger partial charge in [0.05, 0.1) is 5.56 Å². The van der Waals surface area contributed by atoms with Crippen molar-refractivity contribution in [1.29, 1.82) is 0 Å². The number of hydrogen-bond acceptors (Lipinski definition) is 1. The monoisotopic (exact) mass is 212 g/mol. The Morgan fingerprint density at radius 2 is 2.00 bits per heavy atom. The average molecular weight is 212 g/mol. The first kappa shape index (κ1) is 11.1. The van der Waals surface area contributed by atoms with Crippen LogP contribution in [0.1, 0.15) is 17.5 Å². The fourth-order valence-electron chi connectivity index (χ4n) is 0.967. The van der Waals surface area contributed by atoms with Crippen molar-refractivity contribution in [3.63, 3.8) is 0 Å². The molecule has 0 N–H and O–H groups in total. The summed E-state index contributed by atoms with van der Waals surface area (Å²) in [5.41, 5.74) is 0.646. The van der Waals surface area contributed by atoms with Gasteiger partial charge in [0.2, 0.25) is 0 Å². The highest BCUT2D eigenvalue weighted by Crippen LogP contribution is 2.12. The van der Waals surface area contributed by atoms with Crippen LogP contribution in [0.2, 0.25) is 0 Å². The second-order valence-corrected chi connectivity index (χ2v) is 3.30. The van der Waals surface area contributed by atoms with E-state index in [9.17, 15) is 8.78 Å². The molecule has 0 radical (unpaired) electrons. The lowest BCUT2D eigenvalue weighted by Crippen LogP contribution is -1.90. The van der Waals surface area contributed by atoms with Crippen LogP contribution >= 0.6 is 12.6 Å². The zero-order valence-corrected chi connectivity index (χ0v) is 8.67. The molecule has 1 rings (SSSR count). The van der Waals surface area contributed by atoms with Gasteiger partial charge in [0.15, 0.2) is 0 Å². The molecule has 0 aliphatic heterocycles. The lowest BCUT2D eigenvalue weighted by atomic mass is 10.1. The Morgan fingerprint density at radius 1 is 1.29 bits per heavy atom. The summed E-state index contributed by atoms with van der Waals surface area (Å²) in [6.07, 6.45) is 0.596. The van der Waals surface area contributed by atoms with Gasteiger partial charge < -0.3 is 0 Å². The maximum Gasteiger partial charge on any atom is 0.141 e. The van der Waals surface area contributed by atoms with Crippen LogP contribution in [0.25, 0.3) is 0 Å². The molecule has 14 heavy (non-hydrogen) atoms. The topological polar surface area (TPSA) is 0 Å². The number of aryl methyl sites for hydroxylation is 1. The molecular formula is C11H10F2S. The highest BCUT2D eigenvalue weighted by molar-refractivity contribution is 7.80. The molecule has 0 aliphatic rings. The van der Waals surface area contributed by atoms with E-state index in [1.165, 1.54) is 6.07 Å². The standard InChI is InChI=1S/C11H10F2S/c1-8-6-9(4-2-3-5-14)11(13)7-10(8)12/h6-7,14H,3,5H2,1H3. The molecule has 3 heteroatoms. The summed E-state index contributed by atoms with van der Waals surface area (Å²) in [4.78, 5) is 0. The van der Waals surface area contributed by atoms with E-state index in [-0.39, 0.29) is 5.56 Å². The first-order chi connectivity index (χ1) is 6.65. The van der Waals surface area contributed by atoms with Gasteiger partial charge in [-0.05, 0) is 18.6 Å². The van der Waals surface area contributed by atoms with Crippen molar-refractivity contribution in [2.75, 3.05) is 5.75 Å². The van der Waals surface area contributed by atoms with Crippen molar-refractivity contribution >= 4 is 12.6 Å². The van der Waals surface area contributed by atoms with E-state index in [2.05, 4.69) is 24.5 Å². The van der Waals surface area contributed by atoms with Crippen LogP contribution in [0.4, 0.5) is 8.78 Å². The average Bonchev–Trinajstić information content (AvgIpc) is 2.14. The first-order valence-electron chi connectivity index (χ1n) is 4.20. The SMILES string of the molecule is Cc1cc(C#CCCS)c(F)cc1F. The van der Waals surface area contributed by atoms with Gasteiger partial charge in [-0.3, -0.25) is 0 Å². The summed E-state index contributed by atoms with van der Waals surface area (Å²) in [6, 6.07) is 2.27. The molecule has 0 aliphatic carbocycles. The van der Waals surface area contributed by atoms with Gasteiger partial charge in [-0.25, -0.2) is 8.78 Å². The maximum atomic E-state index is 13.1. The highest BCUT2D eigenvalue weighted by atomic mass is 32.1. The molecule has 0 saturated carbocycles. The first-order valence-corrected chi connectivity index (χ1v) is 4.83. The molecule has 74 valence electrons. The Labute approximate surface area is 87.7 Å². The van der Waals surface area contributed by atoms with Crippen molar-refractivity contribution < 1.29 is 8.78 Å². The van der Waals surface area contributed by atoms with E-state index < -0.39 is 11.6 Å². The minimum Gasteiger partial charge on any atom is -0.207 e. The van der Waals surface area contributed by atoms with Gasteiger partial charge in [0.1, 0.15) is 11.6 Å². The minimum absolute atomic E-state index is 0.241. The zero-order valence-electron chi connectivity index (χ0n) is 7.77. The van der Waals surface area contributed by atoms with Gasteiger partial charge >= 0.3 is 0 Å².